The fraction of sp³-hybridized carbons (Fsp3) is 0. The Labute approximate surface area is 284 Å². The van der Waals surface area contributed by atoms with E-state index in [1.807, 2.05) is 0 Å². The number of thiophene rings is 1. The van der Waals surface area contributed by atoms with Crippen LogP contribution in [0.2, 0.25) is 0 Å². The van der Waals surface area contributed by atoms with Crippen molar-refractivity contribution < 1.29 is 4.74 Å². The summed E-state index contributed by atoms with van der Waals surface area (Å²) in [7, 11) is 0. The highest BCUT2D eigenvalue weighted by Gasteiger charge is 2.25. The Morgan fingerprint density at radius 1 is 0.417 bits per heavy atom. The van der Waals surface area contributed by atoms with Gasteiger partial charge in [0.15, 0.2) is 0 Å². The van der Waals surface area contributed by atoms with Gasteiger partial charge in [-0.2, -0.15) is 0 Å². The summed E-state index contributed by atoms with van der Waals surface area (Å²) in [6.45, 7) is 0. The van der Waals surface area contributed by atoms with Gasteiger partial charge >= 0.3 is 0 Å². The molecule has 0 aliphatic carbocycles. The number of hydrogen-bond donors (Lipinski definition) is 0. The van der Waals surface area contributed by atoms with Crippen molar-refractivity contribution in [2.45, 2.75) is 0 Å². The monoisotopic (exact) mass is 634 g/mol. The standard InChI is InChI=1S/C44H30N2OS/c1-5-14-32(15-6-1)45(33-16-7-2-8-17-33)39-27-26-37-36-25-24-31(30-41(36)47-40-23-13-22-38(39)44(37)40)42-28-29-43(48-42)46(34-18-9-3-10-19-34)35-20-11-4-12-21-35/h1-30H. The third-order valence-corrected chi connectivity index (χ3v) is 9.99. The normalized spacial score (nSPS) is 11.5. The largest absolute Gasteiger partial charge is 0.456 e. The molecule has 1 aromatic heterocycles. The lowest BCUT2D eigenvalue weighted by molar-refractivity contribution is 0.487. The van der Waals surface area contributed by atoms with Gasteiger partial charge in [0.05, 0.1) is 5.69 Å². The zero-order valence-electron chi connectivity index (χ0n) is 26.0. The average molecular weight is 635 g/mol. The van der Waals surface area contributed by atoms with Gasteiger partial charge in [-0.15, -0.1) is 11.3 Å². The molecule has 1 aliphatic heterocycles. The summed E-state index contributed by atoms with van der Waals surface area (Å²) in [4.78, 5) is 5.82. The smallest absolute Gasteiger partial charge is 0.135 e. The van der Waals surface area contributed by atoms with Crippen molar-refractivity contribution >= 4 is 55.5 Å². The molecule has 7 aromatic carbocycles. The molecular formula is C44H30N2OS. The molecule has 9 rings (SSSR count). The minimum atomic E-state index is 0.876. The molecule has 4 heteroatoms. The van der Waals surface area contributed by atoms with E-state index in [1.54, 1.807) is 11.3 Å². The van der Waals surface area contributed by atoms with Gasteiger partial charge in [-0.05, 0) is 96.1 Å². The molecule has 48 heavy (non-hydrogen) atoms. The van der Waals surface area contributed by atoms with E-state index in [4.69, 9.17) is 4.74 Å². The van der Waals surface area contributed by atoms with Crippen molar-refractivity contribution in [3.05, 3.63) is 182 Å². The van der Waals surface area contributed by atoms with Crippen LogP contribution in [0.1, 0.15) is 0 Å². The third-order valence-electron chi connectivity index (χ3n) is 8.87. The fourth-order valence-electron chi connectivity index (χ4n) is 6.71. The van der Waals surface area contributed by atoms with Crippen LogP contribution < -0.4 is 14.5 Å². The number of fused-ring (bicyclic) bond motifs is 2. The highest BCUT2D eigenvalue weighted by molar-refractivity contribution is 7.19. The third kappa shape index (κ3) is 4.91. The molecule has 0 N–H and O–H groups in total. The SMILES string of the molecule is c1ccc(N(c2ccccc2)c2ccc(-c3ccc4c(c3)Oc3cccc5c(N(c6ccccc6)c6ccccc6)ccc-4c35)s2)cc1. The van der Waals surface area contributed by atoms with Crippen molar-refractivity contribution in [2.24, 2.45) is 0 Å². The summed E-state index contributed by atoms with van der Waals surface area (Å²) in [6.07, 6.45) is 0. The van der Waals surface area contributed by atoms with Gasteiger partial charge in [0.25, 0.3) is 0 Å². The number of hydrogen-bond acceptors (Lipinski definition) is 4. The van der Waals surface area contributed by atoms with Crippen LogP contribution in [0.25, 0.3) is 32.3 Å². The van der Waals surface area contributed by atoms with Crippen LogP contribution in [-0.2, 0) is 0 Å². The highest BCUT2D eigenvalue weighted by Crippen LogP contribution is 2.51. The van der Waals surface area contributed by atoms with Crippen molar-refractivity contribution in [3.8, 4) is 33.1 Å². The molecule has 0 bridgehead atoms. The first-order valence-electron chi connectivity index (χ1n) is 16.1. The molecule has 2 heterocycles. The maximum Gasteiger partial charge on any atom is 0.135 e. The van der Waals surface area contributed by atoms with E-state index in [0.717, 1.165) is 66.8 Å². The van der Waals surface area contributed by atoms with Gasteiger partial charge in [0.2, 0.25) is 0 Å². The highest BCUT2D eigenvalue weighted by atomic mass is 32.1. The molecule has 3 nitrogen and oxygen atoms in total. The lowest BCUT2D eigenvalue weighted by Crippen LogP contribution is -2.11. The Kier molecular flexibility index (Phi) is 6.99. The van der Waals surface area contributed by atoms with Crippen molar-refractivity contribution in [2.75, 3.05) is 9.80 Å². The summed E-state index contributed by atoms with van der Waals surface area (Å²) < 4.78 is 6.73. The average Bonchev–Trinajstić information content (AvgIpc) is 3.64. The van der Waals surface area contributed by atoms with E-state index in [2.05, 4.69) is 192 Å². The van der Waals surface area contributed by atoms with Crippen molar-refractivity contribution in [1.29, 1.82) is 0 Å². The number of nitrogens with zero attached hydrogens (tertiary/aromatic N) is 2. The summed E-state index contributed by atoms with van der Waals surface area (Å²) >= 11 is 1.78. The van der Waals surface area contributed by atoms with E-state index >= 15 is 0 Å². The zero-order valence-corrected chi connectivity index (χ0v) is 26.8. The Hall–Kier alpha value is -6.10. The van der Waals surface area contributed by atoms with Crippen LogP contribution >= 0.6 is 11.3 Å². The fourth-order valence-corrected chi connectivity index (χ4v) is 7.75. The molecule has 228 valence electrons. The summed E-state index contributed by atoms with van der Waals surface area (Å²) in [5.41, 5.74) is 9.03. The topological polar surface area (TPSA) is 15.7 Å². The molecule has 0 spiro atoms. The Balaban J connectivity index is 1.12. The van der Waals surface area contributed by atoms with E-state index in [9.17, 15) is 0 Å². The molecular weight excluding hydrogens is 605 g/mol. The Bertz CT molecular complexity index is 2290. The van der Waals surface area contributed by atoms with Crippen molar-refractivity contribution in [1.82, 2.24) is 0 Å². The predicted octanol–water partition coefficient (Wildman–Crippen LogP) is 13.3. The minimum Gasteiger partial charge on any atom is -0.456 e. The first-order chi connectivity index (χ1) is 23.8. The lowest BCUT2D eigenvalue weighted by atomic mass is 9.92. The van der Waals surface area contributed by atoms with E-state index < -0.39 is 0 Å². The molecule has 0 fully saturated rings. The first kappa shape index (κ1) is 28.1. The number of anilines is 6. The first-order valence-corrected chi connectivity index (χ1v) is 16.9. The van der Waals surface area contributed by atoms with Crippen LogP contribution in [0.3, 0.4) is 0 Å². The molecule has 1 aliphatic rings. The van der Waals surface area contributed by atoms with E-state index in [-0.39, 0.29) is 0 Å². The summed E-state index contributed by atoms with van der Waals surface area (Å²) in [5.74, 6) is 1.75. The van der Waals surface area contributed by atoms with Crippen molar-refractivity contribution in [3.63, 3.8) is 0 Å². The molecule has 0 saturated carbocycles. The van der Waals surface area contributed by atoms with E-state index in [0.29, 0.717) is 0 Å². The van der Waals surface area contributed by atoms with Gasteiger partial charge in [-0.1, -0.05) is 97.1 Å². The molecule has 0 amide bonds. The summed E-state index contributed by atoms with van der Waals surface area (Å²) in [6, 6.07) is 64.1. The predicted molar refractivity (Wildman–Crippen MR) is 202 cm³/mol. The van der Waals surface area contributed by atoms with Crippen LogP contribution in [0, 0.1) is 0 Å². The number of benzene rings is 7. The second-order valence-corrected chi connectivity index (χ2v) is 12.8. The summed E-state index contributed by atoms with van der Waals surface area (Å²) in [5, 5.41) is 3.44. The number of para-hydroxylation sites is 4. The van der Waals surface area contributed by atoms with E-state index in [1.165, 1.54) is 10.4 Å². The second kappa shape index (κ2) is 11.9. The van der Waals surface area contributed by atoms with Gasteiger partial charge < -0.3 is 14.5 Å². The van der Waals surface area contributed by atoms with Gasteiger partial charge in [-0.3, -0.25) is 0 Å². The second-order valence-electron chi connectivity index (χ2n) is 11.8. The Morgan fingerprint density at radius 3 is 1.58 bits per heavy atom. The molecule has 0 saturated heterocycles. The van der Waals surface area contributed by atoms with Gasteiger partial charge in [-0.25, -0.2) is 0 Å². The van der Waals surface area contributed by atoms with Crippen LogP contribution in [0.5, 0.6) is 11.5 Å². The minimum absolute atomic E-state index is 0.876. The van der Waals surface area contributed by atoms with Gasteiger partial charge in [0, 0.05) is 44.0 Å². The number of rotatable bonds is 7. The van der Waals surface area contributed by atoms with Crippen LogP contribution in [-0.4, -0.2) is 0 Å². The molecule has 8 aromatic rings. The lowest BCUT2D eigenvalue weighted by Gasteiger charge is -2.29. The molecule has 0 unspecified atom stereocenters. The zero-order chi connectivity index (χ0) is 31.9. The maximum absolute atomic E-state index is 6.73. The molecule has 0 radical (unpaired) electrons. The Morgan fingerprint density at radius 2 is 0.979 bits per heavy atom. The van der Waals surface area contributed by atoms with Crippen LogP contribution in [0.4, 0.5) is 33.4 Å². The molecule has 0 atom stereocenters. The quantitative estimate of drug-likeness (QED) is 0.173. The maximum atomic E-state index is 6.73. The number of ether oxygens (including phenoxy) is 1. The van der Waals surface area contributed by atoms with Gasteiger partial charge in [0.1, 0.15) is 16.5 Å². The van der Waals surface area contributed by atoms with Crippen LogP contribution in [0.15, 0.2) is 182 Å².